The van der Waals surface area contributed by atoms with Gasteiger partial charge in [0.25, 0.3) is 0 Å². The van der Waals surface area contributed by atoms with E-state index < -0.39 is 0 Å². The lowest BCUT2D eigenvalue weighted by molar-refractivity contribution is -0.123. The number of hydrogen-bond acceptors (Lipinski definition) is 2. The molecule has 2 atom stereocenters. The van der Waals surface area contributed by atoms with Crippen LogP contribution in [0.5, 0.6) is 0 Å². The van der Waals surface area contributed by atoms with Gasteiger partial charge in [-0.3, -0.25) is 10.1 Å². The van der Waals surface area contributed by atoms with E-state index in [0.717, 1.165) is 19.4 Å². The van der Waals surface area contributed by atoms with Crippen molar-refractivity contribution in [3.8, 4) is 0 Å². The molecule has 0 unspecified atom stereocenters. The van der Waals surface area contributed by atoms with Gasteiger partial charge in [0, 0.05) is 29.7 Å². The van der Waals surface area contributed by atoms with Gasteiger partial charge >= 0.3 is 0 Å². The molecule has 0 bridgehead atoms. The standard InChI is InChI=1S/C20H27N3O/c1-12(2)8-17-15-4-3-5-16-19(15)14(11-21-16)9-18(23-17)20(24)22-10-13-6-7-13/h3-5,11-13,17-18,21,23H,6-10H2,1-2H3,(H,22,24)/t17-,18-/m0/s1. The predicted octanol–water partition coefficient (Wildman–Crippen LogP) is 3.30. The number of aromatic amines is 1. The Morgan fingerprint density at radius 3 is 2.92 bits per heavy atom. The van der Waals surface area contributed by atoms with E-state index in [2.05, 4.69) is 53.9 Å². The summed E-state index contributed by atoms with van der Waals surface area (Å²) in [6.45, 7) is 5.32. The van der Waals surface area contributed by atoms with Gasteiger partial charge in [-0.05, 0) is 54.7 Å². The maximum absolute atomic E-state index is 12.7. The normalized spacial score (nSPS) is 23.5. The molecule has 2 aromatic rings. The van der Waals surface area contributed by atoms with E-state index >= 15 is 0 Å². The van der Waals surface area contributed by atoms with Crippen LogP contribution in [0.2, 0.25) is 0 Å². The number of carbonyl (C=O) groups excluding carboxylic acids is 1. The Bertz CT molecular complexity index is 744. The third kappa shape index (κ3) is 3.07. The fraction of sp³-hybridized carbons (Fsp3) is 0.550. The van der Waals surface area contributed by atoms with E-state index in [-0.39, 0.29) is 18.0 Å². The van der Waals surface area contributed by atoms with Gasteiger partial charge in [0.15, 0.2) is 0 Å². The van der Waals surface area contributed by atoms with Crippen LogP contribution in [-0.4, -0.2) is 23.5 Å². The van der Waals surface area contributed by atoms with Crippen LogP contribution in [0.3, 0.4) is 0 Å². The largest absolute Gasteiger partial charge is 0.361 e. The number of benzene rings is 1. The molecule has 0 spiro atoms. The molecule has 1 aliphatic heterocycles. The van der Waals surface area contributed by atoms with Gasteiger partial charge in [0.05, 0.1) is 6.04 Å². The van der Waals surface area contributed by atoms with Crippen molar-refractivity contribution in [1.82, 2.24) is 15.6 Å². The van der Waals surface area contributed by atoms with Crippen LogP contribution >= 0.6 is 0 Å². The van der Waals surface area contributed by atoms with Crippen LogP contribution in [0.25, 0.3) is 10.9 Å². The Morgan fingerprint density at radius 1 is 1.33 bits per heavy atom. The zero-order valence-electron chi connectivity index (χ0n) is 14.6. The van der Waals surface area contributed by atoms with E-state index in [1.807, 2.05) is 0 Å². The van der Waals surface area contributed by atoms with Crippen molar-refractivity contribution >= 4 is 16.8 Å². The highest BCUT2D eigenvalue weighted by atomic mass is 16.2. The summed E-state index contributed by atoms with van der Waals surface area (Å²) in [6, 6.07) is 6.52. The molecule has 4 rings (SSSR count). The van der Waals surface area contributed by atoms with Gasteiger partial charge < -0.3 is 10.3 Å². The third-order valence-corrected chi connectivity index (χ3v) is 5.31. The second kappa shape index (κ2) is 6.25. The van der Waals surface area contributed by atoms with Crippen molar-refractivity contribution in [2.45, 2.75) is 51.6 Å². The summed E-state index contributed by atoms with van der Waals surface area (Å²) in [4.78, 5) is 16.1. The van der Waals surface area contributed by atoms with Crippen molar-refractivity contribution in [3.63, 3.8) is 0 Å². The number of aromatic nitrogens is 1. The maximum atomic E-state index is 12.7. The maximum Gasteiger partial charge on any atom is 0.237 e. The molecule has 1 aromatic carbocycles. The van der Waals surface area contributed by atoms with Crippen molar-refractivity contribution in [2.24, 2.45) is 11.8 Å². The van der Waals surface area contributed by atoms with Crippen LogP contribution in [0, 0.1) is 11.8 Å². The number of carbonyl (C=O) groups is 1. The van der Waals surface area contributed by atoms with Gasteiger partial charge in [-0.1, -0.05) is 26.0 Å². The van der Waals surface area contributed by atoms with Crippen LogP contribution in [0.15, 0.2) is 24.4 Å². The Balaban J connectivity index is 1.64. The second-order valence-corrected chi connectivity index (χ2v) is 7.88. The summed E-state index contributed by atoms with van der Waals surface area (Å²) in [5.74, 6) is 1.44. The number of H-pyrrole nitrogens is 1. The van der Waals surface area contributed by atoms with E-state index in [9.17, 15) is 4.79 Å². The van der Waals surface area contributed by atoms with Crippen molar-refractivity contribution < 1.29 is 4.79 Å². The minimum atomic E-state index is -0.154. The summed E-state index contributed by atoms with van der Waals surface area (Å²) in [7, 11) is 0. The molecule has 1 fully saturated rings. The molecule has 128 valence electrons. The van der Waals surface area contributed by atoms with Crippen LogP contribution in [0.1, 0.15) is 50.3 Å². The molecule has 4 nitrogen and oxygen atoms in total. The molecular formula is C20H27N3O. The van der Waals surface area contributed by atoms with Gasteiger partial charge in [0.2, 0.25) is 5.91 Å². The molecule has 4 heteroatoms. The van der Waals surface area contributed by atoms with Gasteiger partial charge in [-0.25, -0.2) is 0 Å². The summed E-state index contributed by atoms with van der Waals surface area (Å²) in [5.41, 5.74) is 3.76. The lowest BCUT2D eigenvalue weighted by atomic mass is 9.94. The molecule has 24 heavy (non-hydrogen) atoms. The quantitative estimate of drug-likeness (QED) is 0.790. The molecule has 1 amide bonds. The first kappa shape index (κ1) is 15.7. The van der Waals surface area contributed by atoms with Crippen LogP contribution in [-0.2, 0) is 11.2 Å². The highest BCUT2D eigenvalue weighted by Gasteiger charge is 2.31. The summed E-state index contributed by atoms with van der Waals surface area (Å²) < 4.78 is 0. The van der Waals surface area contributed by atoms with Gasteiger partial charge in [-0.2, -0.15) is 0 Å². The number of rotatable bonds is 5. The lowest BCUT2D eigenvalue weighted by Crippen LogP contribution is -2.46. The summed E-state index contributed by atoms with van der Waals surface area (Å²) >= 11 is 0. The fourth-order valence-electron chi connectivity index (χ4n) is 3.87. The molecular weight excluding hydrogens is 298 g/mol. The number of nitrogens with one attached hydrogen (secondary N) is 3. The SMILES string of the molecule is CC(C)C[C@@H]1N[C@H](C(=O)NCC2CC2)Cc2c[nH]c3cccc1c23. The van der Waals surface area contributed by atoms with Crippen LogP contribution in [0.4, 0.5) is 0 Å². The van der Waals surface area contributed by atoms with E-state index in [0.29, 0.717) is 11.8 Å². The fourth-order valence-corrected chi connectivity index (χ4v) is 3.87. The molecule has 2 aliphatic rings. The van der Waals surface area contributed by atoms with Crippen molar-refractivity contribution in [2.75, 3.05) is 6.54 Å². The average Bonchev–Trinajstić information content (AvgIpc) is 3.32. The highest BCUT2D eigenvalue weighted by Crippen LogP contribution is 2.34. The molecule has 1 saturated carbocycles. The van der Waals surface area contributed by atoms with Gasteiger partial charge in [0.1, 0.15) is 0 Å². The monoisotopic (exact) mass is 325 g/mol. The molecule has 1 aliphatic carbocycles. The molecule has 0 saturated heterocycles. The zero-order chi connectivity index (χ0) is 16.7. The van der Waals surface area contributed by atoms with Crippen molar-refractivity contribution in [1.29, 1.82) is 0 Å². The van der Waals surface area contributed by atoms with E-state index in [1.54, 1.807) is 0 Å². The molecule has 3 N–H and O–H groups in total. The first-order valence-electron chi connectivity index (χ1n) is 9.24. The minimum Gasteiger partial charge on any atom is -0.361 e. The Morgan fingerprint density at radius 2 is 2.17 bits per heavy atom. The highest BCUT2D eigenvalue weighted by molar-refractivity contribution is 5.90. The Hall–Kier alpha value is -1.81. The predicted molar refractivity (Wildman–Crippen MR) is 96.9 cm³/mol. The number of amides is 1. The smallest absolute Gasteiger partial charge is 0.237 e. The topological polar surface area (TPSA) is 56.9 Å². The first-order valence-corrected chi connectivity index (χ1v) is 9.24. The van der Waals surface area contributed by atoms with Gasteiger partial charge in [-0.15, -0.1) is 0 Å². The van der Waals surface area contributed by atoms with Crippen molar-refractivity contribution in [3.05, 3.63) is 35.5 Å². The average molecular weight is 325 g/mol. The Kier molecular flexibility index (Phi) is 4.09. The van der Waals surface area contributed by atoms with E-state index in [1.165, 1.54) is 34.9 Å². The molecule has 0 radical (unpaired) electrons. The number of hydrogen-bond donors (Lipinski definition) is 3. The summed E-state index contributed by atoms with van der Waals surface area (Å²) in [6.07, 6.45) is 6.39. The molecule has 2 heterocycles. The lowest BCUT2D eigenvalue weighted by Gasteiger charge is -2.25. The second-order valence-electron chi connectivity index (χ2n) is 7.88. The third-order valence-electron chi connectivity index (χ3n) is 5.31. The zero-order valence-corrected chi connectivity index (χ0v) is 14.6. The molecule has 1 aromatic heterocycles. The summed E-state index contributed by atoms with van der Waals surface area (Å²) in [5, 5.41) is 8.13. The minimum absolute atomic E-state index is 0.151. The van der Waals surface area contributed by atoms with Crippen LogP contribution < -0.4 is 10.6 Å². The Labute approximate surface area is 143 Å². The van der Waals surface area contributed by atoms with E-state index in [4.69, 9.17) is 0 Å². The first-order chi connectivity index (χ1) is 11.6.